The van der Waals surface area contributed by atoms with Gasteiger partial charge in [-0.2, -0.15) is 0 Å². The molecule has 0 aliphatic heterocycles. The van der Waals surface area contributed by atoms with Crippen LogP contribution < -0.4 is 10.5 Å². The number of benzene rings is 1. The van der Waals surface area contributed by atoms with Crippen LogP contribution in [0.4, 0.5) is 5.69 Å². The van der Waals surface area contributed by atoms with Crippen LogP contribution in [0.15, 0.2) is 29.7 Å². The molecule has 20 heavy (non-hydrogen) atoms. The quantitative estimate of drug-likeness (QED) is 0.600. The average Bonchev–Trinajstić information content (AvgIpc) is 2.37. The summed E-state index contributed by atoms with van der Waals surface area (Å²) < 4.78 is 27.7. The van der Waals surface area contributed by atoms with Crippen LogP contribution in [0.1, 0.15) is 38.3 Å². The molecule has 5 heteroatoms. The Bertz CT molecular complexity index is 580. The molecule has 1 aromatic rings. The molecule has 0 spiro atoms. The van der Waals surface area contributed by atoms with Crippen molar-refractivity contribution in [1.29, 1.82) is 0 Å². The molecule has 0 saturated heterocycles. The lowest BCUT2D eigenvalue weighted by atomic mass is 10.1. The molecule has 0 bridgehead atoms. The molecule has 0 aliphatic carbocycles. The second-order valence-corrected chi connectivity index (χ2v) is 6.60. The Morgan fingerprint density at radius 1 is 1.35 bits per heavy atom. The van der Waals surface area contributed by atoms with Crippen LogP contribution >= 0.6 is 0 Å². The van der Waals surface area contributed by atoms with Crippen molar-refractivity contribution >= 4 is 15.7 Å². The van der Waals surface area contributed by atoms with Crippen LogP contribution in [-0.4, -0.2) is 14.5 Å². The van der Waals surface area contributed by atoms with E-state index in [-0.39, 0.29) is 6.04 Å². The zero-order valence-corrected chi connectivity index (χ0v) is 13.3. The van der Waals surface area contributed by atoms with E-state index in [9.17, 15) is 8.42 Å². The van der Waals surface area contributed by atoms with Crippen LogP contribution in [0.5, 0.6) is 0 Å². The van der Waals surface area contributed by atoms with E-state index in [4.69, 9.17) is 5.73 Å². The zero-order chi connectivity index (χ0) is 15.3. The molecule has 0 aromatic heterocycles. The Labute approximate surface area is 122 Å². The lowest BCUT2D eigenvalue weighted by molar-refractivity contribution is 0.561. The maximum Gasteiger partial charge on any atom is 0.241 e. The van der Waals surface area contributed by atoms with E-state index in [1.54, 1.807) is 12.1 Å². The van der Waals surface area contributed by atoms with Crippen molar-refractivity contribution in [2.45, 2.75) is 51.0 Å². The largest absolute Gasteiger partial charge is 0.398 e. The number of sulfonamides is 1. The Balaban J connectivity index is 3.28. The van der Waals surface area contributed by atoms with Crippen molar-refractivity contribution in [3.8, 4) is 0 Å². The summed E-state index contributed by atoms with van der Waals surface area (Å²) in [7, 11) is -3.56. The van der Waals surface area contributed by atoms with E-state index >= 15 is 0 Å². The second kappa shape index (κ2) is 6.90. The summed E-state index contributed by atoms with van der Waals surface area (Å²) in [4.78, 5) is 0.299. The number of anilines is 1. The van der Waals surface area contributed by atoms with E-state index in [1.807, 2.05) is 26.8 Å². The molecule has 1 unspecified atom stereocenters. The molecule has 0 amide bonds. The van der Waals surface area contributed by atoms with E-state index in [2.05, 4.69) is 11.3 Å². The van der Waals surface area contributed by atoms with Crippen molar-refractivity contribution in [3.63, 3.8) is 0 Å². The third-order valence-electron chi connectivity index (χ3n) is 3.23. The molecule has 4 nitrogen and oxygen atoms in total. The summed E-state index contributed by atoms with van der Waals surface area (Å²) in [5.41, 5.74) is 8.14. The fourth-order valence-corrected chi connectivity index (χ4v) is 3.82. The highest BCUT2D eigenvalue weighted by Crippen LogP contribution is 2.25. The number of hydrogen-bond acceptors (Lipinski definition) is 3. The van der Waals surface area contributed by atoms with Crippen LogP contribution in [0.3, 0.4) is 0 Å². The summed E-state index contributed by atoms with van der Waals surface area (Å²) in [6.45, 7) is 9.32. The van der Waals surface area contributed by atoms with Gasteiger partial charge in [-0.3, -0.25) is 0 Å². The number of nitrogen functional groups attached to an aromatic ring is 1. The van der Waals surface area contributed by atoms with Gasteiger partial charge in [0.2, 0.25) is 10.0 Å². The molecule has 112 valence electrons. The summed E-state index contributed by atoms with van der Waals surface area (Å²) >= 11 is 0. The number of nitrogens with one attached hydrogen (secondary N) is 1. The first-order valence-corrected chi connectivity index (χ1v) is 8.38. The minimum Gasteiger partial charge on any atom is -0.398 e. The highest BCUT2D eigenvalue weighted by Gasteiger charge is 2.22. The molecule has 0 radical (unpaired) electrons. The van der Waals surface area contributed by atoms with Gasteiger partial charge in [-0.05, 0) is 49.4 Å². The third-order valence-corrected chi connectivity index (χ3v) is 4.89. The summed E-state index contributed by atoms with van der Waals surface area (Å²) in [5.74, 6) is 0. The van der Waals surface area contributed by atoms with E-state index in [1.165, 1.54) is 0 Å². The lowest BCUT2D eigenvalue weighted by Crippen LogP contribution is -2.33. The maximum absolute atomic E-state index is 12.5. The normalized spacial score (nSPS) is 13.2. The van der Waals surface area contributed by atoms with Crippen molar-refractivity contribution in [1.82, 2.24) is 4.72 Å². The Morgan fingerprint density at radius 2 is 2.00 bits per heavy atom. The minimum absolute atomic E-state index is 0.186. The van der Waals surface area contributed by atoms with E-state index in [0.717, 1.165) is 12.0 Å². The highest BCUT2D eigenvalue weighted by molar-refractivity contribution is 7.89. The van der Waals surface area contributed by atoms with Gasteiger partial charge in [0, 0.05) is 11.7 Å². The fraction of sp³-hybridized carbons (Fsp3) is 0.467. The van der Waals surface area contributed by atoms with Crippen molar-refractivity contribution in [2.75, 3.05) is 5.73 Å². The number of hydrogen-bond donors (Lipinski definition) is 2. The molecule has 0 aliphatic rings. The van der Waals surface area contributed by atoms with Crippen molar-refractivity contribution in [2.24, 2.45) is 0 Å². The molecule has 1 aromatic carbocycles. The van der Waals surface area contributed by atoms with Gasteiger partial charge >= 0.3 is 0 Å². The maximum atomic E-state index is 12.5. The Morgan fingerprint density at radius 3 is 2.50 bits per heavy atom. The number of aryl methyl sites for hydroxylation is 1. The molecular formula is C15H24N2O2S. The molecule has 3 N–H and O–H groups in total. The van der Waals surface area contributed by atoms with Gasteiger partial charge in [0.05, 0.1) is 4.90 Å². The smallest absolute Gasteiger partial charge is 0.241 e. The first-order chi connectivity index (χ1) is 9.35. The summed E-state index contributed by atoms with van der Waals surface area (Å²) in [6, 6.07) is 3.39. The predicted octanol–water partition coefficient (Wildman–Crippen LogP) is 2.64. The lowest BCUT2D eigenvalue weighted by Gasteiger charge is -2.17. The summed E-state index contributed by atoms with van der Waals surface area (Å²) in [5, 5.41) is 0. The van der Waals surface area contributed by atoms with Gasteiger partial charge < -0.3 is 5.73 Å². The van der Waals surface area contributed by atoms with Crippen LogP contribution in [0.2, 0.25) is 0 Å². The van der Waals surface area contributed by atoms with Crippen LogP contribution in [0.25, 0.3) is 0 Å². The average molecular weight is 296 g/mol. The van der Waals surface area contributed by atoms with Crippen molar-refractivity contribution < 1.29 is 8.42 Å². The summed E-state index contributed by atoms with van der Waals surface area (Å²) in [6.07, 6.45) is 3.62. The van der Waals surface area contributed by atoms with E-state index < -0.39 is 10.0 Å². The van der Waals surface area contributed by atoms with E-state index in [0.29, 0.717) is 29.0 Å². The zero-order valence-electron chi connectivity index (χ0n) is 12.4. The SMILES string of the molecule is C=CCC(C)NS(=O)(=O)c1cc(CC)cc(N)c1CC. The first-order valence-electron chi connectivity index (χ1n) is 6.90. The number of nitrogens with two attached hydrogens (primary N) is 1. The van der Waals surface area contributed by atoms with Gasteiger partial charge in [-0.15, -0.1) is 6.58 Å². The molecule has 0 fully saturated rings. The monoisotopic (exact) mass is 296 g/mol. The molecule has 0 heterocycles. The molecule has 1 atom stereocenters. The van der Waals surface area contributed by atoms with Gasteiger partial charge in [-0.25, -0.2) is 13.1 Å². The van der Waals surface area contributed by atoms with Gasteiger partial charge in [0.15, 0.2) is 0 Å². The predicted molar refractivity (Wildman–Crippen MR) is 84.2 cm³/mol. The van der Waals surface area contributed by atoms with Gasteiger partial charge in [0.1, 0.15) is 0 Å². The standard InChI is InChI=1S/C15H24N2O2S/c1-5-8-11(4)17-20(18,19)15-10-12(6-2)9-14(16)13(15)7-3/h5,9-11,17H,1,6-8,16H2,2-4H3. The molecule has 1 rings (SSSR count). The molecule has 0 saturated carbocycles. The van der Waals surface area contributed by atoms with Crippen LogP contribution in [0, 0.1) is 0 Å². The minimum atomic E-state index is -3.56. The Hall–Kier alpha value is -1.33. The fourth-order valence-electron chi connectivity index (χ4n) is 2.17. The second-order valence-electron chi connectivity index (χ2n) is 4.92. The molecular weight excluding hydrogens is 272 g/mol. The number of rotatable bonds is 7. The van der Waals surface area contributed by atoms with Gasteiger partial charge in [-0.1, -0.05) is 19.9 Å². The Kier molecular flexibility index (Phi) is 5.77. The van der Waals surface area contributed by atoms with Crippen molar-refractivity contribution in [3.05, 3.63) is 35.9 Å². The van der Waals surface area contributed by atoms with Gasteiger partial charge in [0.25, 0.3) is 0 Å². The topological polar surface area (TPSA) is 72.2 Å². The highest BCUT2D eigenvalue weighted by atomic mass is 32.2. The third kappa shape index (κ3) is 3.84. The first kappa shape index (κ1) is 16.7. The van der Waals surface area contributed by atoms with Crippen LogP contribution in [-0.2, 0) is 22.9 Å².